The molecule has 3 aromatic rings. The third-order valence-electron chi connectivity index (χ3n) is 3.30. The summed E-state index contributed by atoms with van der Waals surface area (Å²) in [5, 5.41) is 9.88. The lowest BCUT2D eigenvalue weighted by atomic mass is 10.2. The molecule has 116 valence electrons. The second kappa shape index (κ2) is 6.74. The average molecular weight is 309 g/mol. The van der Waals surface area contributed by atoms with Gasteiger partial charge in [0.15, 0.2) is 5.69 Å². The first-order valence-corrected chi connectivity index (χ1v) is 7.08. The van der Waals surface area contributed by atoms with E-state index in [-0.39, 0.29) is 23.9 Å². The van der Waals surface area contributed by atoms with Crippen molar-refractivity contribution in [2.24, 2.45) is 0 Å². The SMILES string of the molecule is O=C(c1ncccc1O)N(Cc1cccnc1)Cc1ccco1. The van der Waals surface area contributed by atoms with Gasteiger partial charge in [-0.05, 0) is 35.9 Å². The van der Waals surface area contributed by atoms with E-state index < -0.39 is 0 Å². The van der Waals surface area contributed by atoms with Gasteiger partial charge in [0, 0.05) is 25.1 Å². The fourth-order valence-electron chi connectivity index (χ4n) is 2.21. The standard InChI is InChI=1S/C17H15N3O3/c21-15-6-2-8-19-16(15)17(22)20(12-14-5-3-9-23-14)11-13-4-1-7-18-10-13/h1-10,21H,11-12H2. The van der Waals surface area contributed by atoms with Crippen molar-refractivity contribution in [3.8, 4) is 5.75 Å². The number of amides is 1. The Balaban J connectivity index is 1.88. The second-order valence-corrected chi connectivity index (χ2v) is 4.97. The summed E-state index contributed by atoms with van der Waals surface area (Å²) in [4.78, 5) is 22.3. The third-order valence-corrected chi connectivity index (χ3v) is 3.30. The molecule has 0 aliphatic rings. The molecule has 0 saturated carbocycles. The van der Waals surface area contributed by atoms with Crippen molar-refractivity contribution in [2.75, 3.05) is 0 Å². The molecule has 3 aromatic heterocycles. The molecule has 23 heavy (non-hydrogen) atoms. The van der Waals surface area contributed by atoms with Crippen LogP contribution in [0.4, 0.5) is 0 Å². The summed E-state index contributed by atoms with van der Waals surface area (Å²) < 4.78 is 5.33. The predicted molar refractivity (Wildman–Crippen MR) is 82.4 cm³/mol. The Labute approximate surface area is 133 Å². The molecule has 0 spiro atoms. The topological polar surface area (TPSA) is 79.5 Å². The highest BCUT2D eigenvalue weighted by Gasteiger charge is 2.21. The smallest absolute Gasteiger partial charge is 0.277 e. The van der Waals surface area contributed by atoms with Crippen LogP contribution in [0.1, 0.15) is 21.8 Å². The van der Waals surface area contributed by atoms with E-state index in [9.17, 15) is 9.90 Å². The number of aromatic nitrogens is 2. The van der Waals surface area contributed by atoms with Crippen molar-refractivity contribution in [1.82, 2.24) is 14.9 Å². The Morgan fingerprint density at radius 2 is 2.00 bits per heavy atom. The fraction of sp³-hybridized carbons (Fsp3) is 0.118. The number of rotatable bonds is 5. The molecular formula is C17H15N3O3. The molecule has 3 rings (SSSR count). The van der Waals surface area contributed by atoms with Crippen molar-refractivity contribution < 1.29 is 14.3 Å². The van der Waals surface area contributed by atoms with Crippen LogP contribution in [-0.4, -0.2) is 25.9 Å². The van der Waals surface area contributed by atoms with Gasteiger partial charge in [0.1, 0.15) is 11.5 Å². The Bertz CT molecular complexity index is 773. The van der Waals surface area contributed by atoms with Crippen molar-refractivity contribution in [1.29, 1.82) is 0 Å². The van der Waals surface area contributed by atoms with Crippen LogP contribution in [0.5, 0.6) is 5.75 Å². The molecular weight excluding hydrogens is 294 g/mol. The highest BCUT2D eigenvalue weighted by atomic mass is 16.3. The molecule has 6 nitrogen and oxygen atoms in total. The Morgan fingerprint density at radius 1 is 1.13 bits per heavy atom. The van der Waals surface area contributed by atoms with Crippen molar-refractivity contribution in [2.45, 2.75) is 13.1 Å². The number of carbonyl (C=O) groups is 1. The maximum absolute atomic E-state index is 12.7. The van der Waals surface area contributed by atoms with E-state index in [0.29, 0.717) is 12.3 Å². The maximum Gasteiger partial charge on any atom is 0.277 e. The quantitative estimate of drug-likeness (QED) is 0.783. The normalized spacial score (nSPS) is 10.4. The second-order valence-electron chi connectivity index (χ2n) is 4.97. The van der Waals surface area contributed by atoms with Crippen LogP contribution in [0.15, 0.2) is 65.7 Å². The minimum atomic E-state index is -0.372. The van der Waals surface area contributed by atoms with Gasteiger partial charge < -0.3 is 14.4 Å². The number of aromatic hydroxyl groups is 1. The Hall–Kier alpha value is -3.15. The molecule has 0 radical (unpaired) electrons. The van der Waals surface area contributed by atoms with Gasteiger partial charge in [-0.2, -0.15) is 0 Å². The summed E-state index contributed by atoms with van der Waals surface area (Å²) in [7, 11) is 0. The summed E-state index contributed by atoms with van der Waals surface area (Å²) in [5.74, 6) is 0.133. The van der Waals surface area contributed by atoms with E-state index in [4.69, 9.17) is 4.42 Å². The van der Waals surface area contributed by atoms with Gasteiger partial charge in [-0.1, -0.05) is 6.07 Å². The monoisotopic (exact) mass is 309 g/mol. The van der Waals surface area contributed by atoms with E-state index in [2.05, 4.69) is 9.97 Å². The molecule has 0 atom stereocenters. The van der Waals surface area contributed by atoms with Gasteiger partial charge >= 0.3 is 0 Å². The third kappa shape index (κ3) is 3.55. The van der Waals surface area contributed by atoms with Crippen LogP contribution in [0.2, 0.25) is 0 Å². The molecule has 0 fully saturated rings. The molecule has 0 bridgehead atoms. The predicted octanol–water partition coefficient (Wildman–Crippen LogP) is 2.62. The first-order chi connectivity index (χ1) is 11.2. The van der Waals surface area contributed by atoms with Crippen LogP contribution in [0.25, 0.3) is 0 Å². The van der Waals surface area contributed by atoms with Crippen LogP contribution < -0.4 is 0 Å². The highest BCUT2D eigenvalue weighted by Crippen LogP contribution is 2.18. The zero-order valence-corrected chi connectivity index (χ0v) is 12.3. The van der Waals surface area contributed by atoms with Crippen molar-refractivity contribution in [3.05, 3.63) is 78.3 Å². The van der Waals surface area contributed by atoms with Gasteiger partial charge in [0.2, 0.25) is 0 Å². The van der Waals surface area contributed by atoms with E-state index in [1.54, 1.807) is 41.8 Å². The van der Waals surface area contributed by atoms with Crippen LogP contribution in [-0.2, 0) is 13.1 Å². The highest BCUT2D eigenvalue weighted by molar-refractivity contribution is 5.94. The van der Waals surface area contributed by atoms with E-state index in [0.717, 1.165) is 5.56 Å². The first-order valence-electron chi connectivity index (χ1n) is 7.08. The Kier molecular flexibility index (Phi) is 4.33. The molecule has 0 saturated heterocycles. The molecule has 0 unspecified atom stereocenters. The molecule has 0 aliphatic carbocycles. The minimum absolute atomic E-state index is 0.0166. The number of nitrogens with zero attached hydrogens (tertiary/aromatic N) is 3. The van der Waals surface area contributed by atoms with Crippen molar-refractivity contribution in [3.63, 3.8) is 0 Å². The number of carbonyl (C=O) groups excluding carboxylic acids is 1. The lowest BCUT2D eigenvalue weighted by molar-refractivity contribution is 0.0708. The lowest BCUT2D eigenvalue weighted by Crippen LogP contribution is -2.30. The van der Waals surface area contributed by atoms with Gasteiger partial charge in [-0.3, -0.25) is 9.78 Å². The molecule has 6 heteroatoms. The molecule has 0 aromatic carbocycles. The summed E-state index contributed by atoms with van der Waals surface area (Å²) in [6.07, 6.45) is 6.40. The van der Waals surface area contributed by atoms with E-state index >= 15 is 0 Å². The number of hydrogen-bond donors (Lipinski definition) is 1. The molecule has 1 amide bonds. The minimum Gasteiger partial charge on any atom is -0.505 e. The van der Waals surface area contributed by atoms with Crippen LogP contribution in [0, 0.1) is 0 Å². The van der Waals surface area contributed by atoms with E-state index in [1.807, 2.05) is 12.1 Å². The Morgan fingerprint density at radius 3 is 2.70 bits per heavy atom. The van der Waals surface area contributed by atoms with Gasteiger partial charge in [-0.25, -0.2) is 4.98 Å². The number of hydrogen-bond acceptors (Lipinski definition) is 5. The largest absolute Gasteiger partial charge is 0.505 e. The van der Waals surface area contributed by atoms with Crippen molar-refractivity contribution >= 4 is 5.91 Å². The zero-order chi connectivity index (χ0) is 16.1. The maximum atomic E-state index is 12.7. The molecule has 0 aliphatic heterocycles. The molecule has 1 N–H and O–H groups in total. The zero-order valence-electron chi connectivity index (χ0n) is 12.3. The van der Waals surface area contributed by atoms with Crippen LogP contribution >= 0.6 is 0 Å². The summed E-state index contributed by atoms with van der Waals surface area (Å²) in [6.45, 7) is 0.611. The number of furan rings is 1. The number of pyridine rings is 2. The lowest BCUT2D eigenvalue weighted by Gasteiger charge is -2.21. The average Bonchev–Trinajstić information content (AvgIpc) is 3.08. The molecule has 3 heterocycles. The van der Waals surface area contributed by atoms with Gasteiger partial charge in [0.25, 0.3) is 5.91 Å². The summed E-state index contributed by atoms with van der Waals surface area (Å²) >= 11 is 0. The summed E-state index contributed by atoms with van der Waals surface area (Å²) in [6, 6.07) is 10.3. The van der Waals surface area contributed by atoms with E-state index in [1.165, 1.54) is 12.3 Å². The summed E-state index contributed by atoms with van der Waals surface area (Å²) in [5.41, 5.74) is 0.894. The first kappa shape index (κ1) is 14.8. The van der Waals surface area contributed by atoms with Gasteiger partial charge in [-0.15, -0.1) is 0 Å². The van der Waals surface area contributed by atoms with Crippen LogP contribution in [0.3, 0.4) is 0 Å². The fourth-order valence-corrected chi connectivity index (χ4v) is 2.21. The van der Waals surface area contributed by atoms with Gasteiger partial charge in [0.05, 0.1) is 12.8 Å².